The number of rotatable bonds is 12. The van der Waals surface area contributed by atoms with E-state index in [0.29, 0.717) is 19.6 Å². The minimum atomic E-state index is -0.186. The average molecular weight is 755 g/mol. The Bertz CT molecular complexity index is 2010. The van der Waals surface area contributed by atoms with Crippen molar-refractivity contribution in [2.24, 2.45) is 11.5 Å². The Hall–Kier alpha value is -5.01. The molecule has 3 atom stereocenters. The van der Waals surface area contributed by atoms with Crippen molar-refractivity contribution >= 4 is 17.3 Å². The summed E-state index contributed by atoms with van der Waals surface area (Å²) in [7, 11) is 2.08. The van der Waals surface area contributed by atoms with Crippen LogP contribution in [0.1, 0.15) is 72.9 Å². The first kappa shape index (κ1) is 41.2. The molecule has 3 unspecified atom stereocenters. The summed E-state index contributed by atoms with van der Waals surface area (Å²) in [6.45, 7) is 28.8. The van der Waals surface area contributed by atoms with Crippen molar-refractivity contribution in [3.63, 3.8) is 0 Å². The minimum absolute atomic E-state index is 0.0664. The molecule has 1 aliphatic carbocycles. The highest BCUT2D eigenvalue weighted by Crippen LogP contribution is 2.48. The molecule has 4 bridgehead atoms. The van der Waals surface area contributed by atoms with E-state index in [1.165, 1.54) is 40.7 Å². The van der Waals surface area contributed by atoms with Crippen LogP contribution in [0, 0.1) is 0 Å². The number of halogens is 1. The number of likely N-dealkylation sites (N-methyl/N-ethyl adjacent to an activating group) is 1. The molecule has 0 saturated carbocycles. The summed E-state index contributed by atoms with van der Waals surface area (Å²) in [5, 5.41) is 11.4. The van der Waals surface area contributed by atoms with Crippen LogP contribution < -0.4 is 27.4 Å². The Labute approximate surface area is 334 Å². The summed E-state index contributed by atoms with van der Waals surface area (Å²) in [6.07, 6.45) is 4.12. The van der Waals surface area contributed by atoms with Crippen molar-refractivity contribution < 1.29 is 0 Å². The number of nitrogens with zero attached hydrogens (tertiary/aromatic N) is 1. The number of hydrogen-bond acceptors (Lipinski definition) is 6. The van der Waals surface area contributed by atoms with E-state index >= 15 is 0 Å². The van der Waals surface area contributed by atoms with E-state index in [-0.39, 0.29) is 18.0 Å². The van der Waals surface area contributed by atoms with E-state index in [4.69, 9.17) is 23.1 Å². The summed E-state index contributed by atoms with van der Waals surface area (Å²) in [5.41, 5.74) is 26.7. The van der Waals surface area contributed by atoms with E-state index < -0.39 is 0 Å². The molecule has 2 aliphatic rings. The van der Waals surface area contributed by atoms with Crippen LogP contribution >= 0.6 is 11.6 Å². The third kappa shape index (κ3) is 10.0. The van der Waals surface area contributed by atoms with Crippen molar-refractivity contribution in [2.45, 2.75) is 57.5 Å². The van der Waals surface area contributed by atoms with Gasteiger partial charge < -0.3 is 32.3 Å². The molecule has 4 aromatic carbocycles. The Balaban J connectivity index is 0.00000109. The lowest BCUT2D eigenvalue weighted by atomic mass is 9.91. The number of nitrogens with two attached hydrogens (primary N) is 2. The molecule has 0 radical (unpaired) electrons. The summed E-state index contributed by atoms with van der Waals surface area (Å²) in [6, 6.07) is 29.9. The van der Waals surface area contributed by atoms with Gasteiger partial charge in [-0.25, -0.2) is 0 Å². The maximum absolute atomic E-state index is 6.14. The number of fused-ring (bicyclic) bond motifs is 2. The van der Waals surface area contributed by atoms with Crippen LogP contribution in [0.15, 0.2) is 140 Å². The van der Waals surface area contributed by atoms with Gasteiger partial charge in [-0.15, -0.1) is 0 Å². The van der Waals surface area contributed by atoms with Crippen molar-refractivity contribution in [2.75, 3.05) is 33.2 Å². The fourth-order valence-electron chi connectivity index (χ4n) is 7.38. The Morgan fingerprint density at radius 3 is 2.11 bits per heavy atom. The molecule has 0 amide bonds. The quantitative estimate of drug-likeness (QED) is 0.0926. The van der Waals surface area contributed by atoms with E-state index in [9.17, 15) is 0 Å². The number of hydrogen-bond donors (Lipinski definition) is 5. The van der Waals surface area contributed by atoms with E-state index in [1.807, 2.05) is 24.3 Å². The van der Waals surface area contributed by atoms with E-state index in [0.717, 1.165) is 75.0 Å². The molecule has 7 heteroatoms. The smallest absolute Gasteiger partial charge is 0.0929 e. The van der Waals surface area contributed by atoms with Crippen LogP contribution in [0.3, 0.4) is 0 Å². The minimum Gasteiger partial charge on any atom is -0.381 e. The fourth-order valence-corrected chi connectivity index (χ4v) is 7.51. The Kier molecular flexibility index (Phi) is 14.2. The Morgan fingerprint density at radius 1 is 0.873 bits per heavy atom. The summed E-state index contributed by atoms with van der Waals surface area (Å²) < 4.78 is 0. The van der Waals surface area contributed by atoms with Crippen LogP contribution in [-0.2, 0) is 6.42 Å². The highest BCUT2D eigenvalue weighted by atomic mass is 35.5. The van der Waals surface area contributed by atoms with E-state index in [2.05, 4.69) is 135 Å². The van der Waals surface area contributed by atoms with Gasteiger partial charge in [-0.3, -0.25) is 0 Å². The lowest BCUT2D eigenvalue weighted by Gasteiger charge is -2.35. The maximum Gasteiger partial charge on any atom is 0.0929 e. The second kappa shape index (κ2) is 19.0. The van der Waals surface area contributed by atoms with Crippen molar-refractivity contribution in [1.82, 2.24) is 20.9 Å². The van der Waals surface area contributed by atoms with Gasteiger partial charge in [0.2, 0.25) is 0 Å². The van der Waals surface area contributed by atoms with Crippen molar-refractivity contribution in [3.8, 4) is 22.3 Å². The zero-order chi connectivity index (χ0) is 39.6. The summed E-state index contributed by atoms with van der Waals surface area (Å²) >= 11 is 6.08. The first-order chi connectivity index (χ1) is 26.4. The molecule has 55 heavy (non-hydrogen) atoms. The largest absolute Gasteiger partial charge is 0.381 e. The maximum atomic E-state index is 6.14. The van der Waals surface area contributed by atoms with Crippen LogP contribution in [0.4, 0.5) is 0 Å². The lowest BCUT2D eigenvalue weighted by Crippen LogP contribution is -2.37. The molecule has 0 fully saturated rings. The van der Waals surface area contributed by atoms with Gasteiger partial charge in [0.1, 0.15) is 0 Å². The molecule has 0 aromatic heterocycles. The molecule has 0 spiro atoms. The molecule has 6 rings (SSSR count). The second-order valence-corrected chi connectivity index (χ2v) is 15.2. The predicted molar refractivity (Wildman–Crippen MR) is 237 cm³/mol. The number of benzene rings is 4. The topological polar surface area (TPSA) is 91.4 Å². The summed E-state index contributed by atoms with van der Waals surface area (Å²) in [5.74, 6) is 0.279. The first-order valence-electron chi connectivity index (χ1n) is 19.3. The molecule has 4 aromatic rings. The molecule has 7 N–H and O–H groups in total. The monoisotopic (exact) mass is 754 g/mol. The average Bonchev–Trinajstić information content (AvgIpc) is 3.48. The zero-order valence-electron chi connectivity index (χ0n) is 33.0. The Morgan fingerprint density at radius 2 is 1.51 bits per heavy atom. The molecular weight excluding hydrogens is 696 g/mol. The molecule has 6 nitrogen and oxygen atoms in total. The predicted octanol–water partition coefficient (Wildman–Crippen LogP) is 9.67. The van der Waals surface area contributed by atoms with E-state index in [1.54, 1.807) is 0 Å². The van der Waals surface area contributed by atoms with Crippen molar-refractivity contribution in [1.29, 1.82) is 0 Å². The second-order valence-electron chi connectivity index (χ2n) is 14.8. The fraction of sp³-hybridized carbons (Fsp3) is 0.292. The normalized spacial score (nSPS) is 17.2. The zero-order valence-corrected chi connectivity index (χ0v) is 33.7. The van der Waals surface area contributed by atoms with Crippen LogP contribution in [0.25, 0.3) is 28.0 Å². The van der Waals surface area contributed by atoms with Gasteiger partial charge in [0.05, 0.1) is 25.2 Å². The highest BCUT2D eigenvalue weighted by molar-refractivity contribution is 6.30. The van der Waals surface area contributed by atoms with Gasteiger partial charge >= 0.3 is 0 Å². The molecule has 0 saturated heterocycles. The molecule has 288 valence electrons. The molecule has 1 heterocycles. The first-order valence-corrected chi connectivity index (χ1v) is 19.7. The van der Waals surface area contributed by atoms with Gasteiger partial charge in [0.25, 0.3) is 0 Å². The lowest BCUT2D eigenvalue weighted by molar-refractivity contribution is 0.330. The highest BCUT2D eigenvalue weighted by Gasteiger charge is 2.31. The van der Waals surface area contributed by atoms with Gasteiger partial charge in [0.15, 0.2) is 0 Å². The standard InChI is InChI=1S/C44H48ClN5.C4H11N/c1-27(2)43-23-32-8-18-38-40(20-21-46)39-19-15-36(24-42(39)41(38)22-32)44(31(6)47-25-28(3)49-43)50(7)29(4)26-48-30(5)33-9-11-34(12-10-33)35-13-16-37(45)17-14-35;1-2-3-4-5/h8-19,22,24,40,43-44,47-49H,1,3-6,20-21,23,25-26,46H2,2,7H3;2-5H2,1H3. The van der Waals surface area contributed by atoms with Gasteiger partial charge in [0, 0.05) is 40.8 Å². The van der Waals surface area contributed by atoms with Gasteiger partial charge in [-0.1, -0.05) is 130 Å². The third-order valence-electron chi connectivity index (χ3n) is 10.6. The summed E-state index contributed by atoms with van der Waals surface area (Å²) in [4.78, 5) is 2.20. The number of unbranched alkanes of at least 4 members (excludes halogenated alkanes) is 1. The van der Waals surface area contributed by atoms with Crippen LogP contribution in [0.5, 0.6) is 0 Å². The third-order valence-corrected chi connectivity index (χ3v) is 10.9. The number of nitrogens with one attached hydrogen (secondary N) is 3. The van der Waals surface area contributed by atoms with Crippen molar-refractivity contribution in [3.05, 3.63) is 173 Å². The van der Waals surface area contributed by atoms with Crippen LogP contribution in [0.2, 0.25) is 5.02 Å². The molecule has 1 aliphatic heterocycles. The SMILES string of the molecule is C=C1CNC(=C)C(N(C)C(=C)CNC(=C)c2ccc(-c3ccc(Cl)cc3)cc2)c2ccc3c(c2)-c2cc(ccc2C3CCN)CC(C(=C)C)N1.CCCCN. The van der Waals surface area contributed by atoms with Crippen LogP contribution in [-0.4, -0.2) is 44.2 Å². The van der Waals surface area contributed by atoms with Gasteiger partial charge in [-0.05, 0) is 108 Å². The molecular formula is C48H59ClN6. The van der Waals surface area contributed by atoms with Gasteiger partial charge in [-0.2, -0.15) is 0 Å².